The Morgan fingerprint density at radius 3 is 2.71 bits per heavy atom. The fourth-order valence-electron chi connectivity index (χ4n) is 2.88. The van der Waals surface area contributed by atoms with E-state index in [9.17, 15) is 14.3 Å². The molecule has 116 valence electrons. The van der Waals surface area contributed by atoms with Crippen LogP contribution in [0.5, 0.6) is 0 Å². The third-order valence-electron chi connectivity index (χ3n) is 4.39. The minimum Gasteiger partial charge on any atom is -0.348 e. The first-order chi connectivity index (χ1) is 9.95. The summed E-state index contributed by atoms with van der Waals surface area (Å²) in [7, 11) is -0.893. The lowest BCUT2D eigenvalue weighted by atomic mass is 10.0. The van der Waals surface area contributed by atoms with Gasteiger partial charge < -0.3 is 4.90 Å². The van der Waals surface area contributed by atoms with Gasteiger partial charge in [-0.25, -0.2) is 4.98 Å². The first-order valence-corrected chi connectivity index (χ1v) is 8.50. The highest BCUT2D eigenvalue weighted by Crippen LogP contribution is 2.35. The SMILES string of the molecule is CCC1(CC)CN(c2nccc(C)c2[N+](=O)[O-])CCS1=O. The average molecular weight is 311 g/mol. The van der Waals surface area contributed by atoms with E-state index in [1.807, 2.05) is 18.7 Å². The number of aromatic nitrogens is 1. The first-order valence-electron chi connectivity index (χ1n) is 7.18. The monoisotopic (exact) mass is 311 g/mol. The molecule has 6 nitrogen and oxygen atoms in total. The van der Waals surface area contributed by atoms with Crippen LogP contribution in [0.2, 0.25) is 0 Å². The Bertz CT molecular complexity index is 573. The molecule has 0 spiro atoms. The summed E-state index contributed by atoms with van der Waals surface area (Å²) in [5.74, 6) is 0.942. The molecule has 0 aliphatic carbocycles. The second-order valence-corrected chi connectivity index (χ2v) is 7.38. The summed E-state index contributed by atoms with van der Waals surface area (Å²) < 4.78 is 12.1. The molecule has 1 aromatic rings. The summed E-state index contributed by atoms with van der Waals surface area (Å²) in [6.45, 7) is 6.89. The molecule has 0 N–H and O–H groups in total. The van der Waals surface area contributed by atoms with Crippen LogP contribution in [0.15, 0.2) is 12.3 Å². The summed E-state index contributed by atoms with van der Waals surface area (Å²) >= 11 is 0. The third kappa shape index (κ3) is 2.79. The highest BCUT2D eigenvalue weighted by Gasteiger charge is 2.40. The van der Waals surface area contributed by atoms with E-state index in [1.165, 1.54) is 0 Å². The van der Waals surface area contributed by atoms with E-state index in [0.29, 0.717) is 30.2 Å². The van der Waals surface area contributed by atoms with Crippen molar-refractivity contribution >= 4 is 22.3 Å². The van der Waals surface area contributed by atoms with Crippen LogP contribution in [0.3, 0.4) is 0 Å². The second kappa shape index (κ2) is 6.09. The van der Waals surface area contributed by atoms with Gasteiger partial charge in [0.25, 0.3) is 0 Å². The Balaban J connectivity index is 2.42. The van der Waals surface area contributed by atoms with Gasteiger partial charge in [-0.05, 0) is 25.8 Å². The molecule has 0 saturated carbocycles. The number of nitro groups is 1. The second-order valence-electron chi connectivity index (χ2n) is 5.42. The van der Waals surface area contributed by atoms with Crippen molar-refractivity contribution in [3.63, 3.8) is 0 Å². The van der Waals surface area contributed by atoms with Crippen LogP contribution in [0.25, 0.3) is 0 Å². The molecule has 1 aliphatic rings. The smallest absolute Gasteiger partial charge is 0.314 e. The van der Waals surface area contributed by atoms with Gasteiger partial charge >= 0.3 is 5.69 Å². The molecule has 1 unspecified atom stereocenters. The number of anilines is 1. The van der Waals surface area contributed by atoms with Crippen molar-refractivity contribution in [1.29, 1.82) is 0 Å². The van der Waals surface area contributed by atoms with Crippen molar-refractivity contribution < 1.29 is 9.13 Å². The zero-order chi connectivity index (χ0) is 15.6. The summed E-state index contributed by atoms with van der Waals surface area (Å²) in [4.78, 5) is 17.1. The largest absolute Gasteiger partial charge is 0.348 e. The summed E-state index contributed by atoms with van der Waals surface area (Å²) in [6.07, 6.45) is 3.20. The third-order valence-corrected chi connectivity index (χ3v) is 6.61. The summed E-state index contributed by atoms with van der Waals surface area (Å²) in [5, 5.41) is 11.3. The predicted octanol–water partition coefficient (Wildman–Crippen LogP) is 2.43. The average Bonchev–Trinajstić information content (AvgIpc) is 2.47. The van der Waals surface area contributed by atoms with E-state index in [-0.39, 0.29) is 15.4 Å². The normalized spacial score (nSPS) is 21.3. The highest BCUT2D eigenvalue weighted by atomic mass is 32.2. The summed E-state index contributed by atoms with van der Waals surface area (Å²) in [6, 6.07) is 1.65. The predicted molar refractivity (Wildman–Crippen MR) is 84.2 cm³/mol. The maximum atomic E-state index is 12.4. The van der Waals surface area contributed by atoms with Crippen molar-refractivity contribution in [3.05, 3.63) is 27.9 Å². The van der Waals surface area contributed by atoms with Crippen molar-refractivity contribution in [3.8, 4) is 0 Å². The van der Waals surface area contributed by atoms with E-state index in [1.54, 1.807) is 19.2 Å². The Hall–Kier alpha value is -1.50. The summed E-state index contributed by atoms with van der Waals surface area (Å²) in [5.41, 5.74) is 0.668. The maximum Gasteiger partial charge on any atom is 0.314 e. The van der Waals surface area contributed by atoms with Gasteiger partial charge in [0.1, 0.15) is 0 Å². The minimum atomic E-state index is -0.893. The van der Waals surface area contributed by atoms with Crippen molar-refractivity contribution in [2.75, 3.05) is 23.7 Å². The molecule has 1 atom stereocenters. The van der Waals surface area contributed by atoms with E-state index < -0.39 is 10.8 Å². The van der Waals surface area contributed by atoms with Crippen LogP contribution in [0.4, 0.5) is 11.5 Å². The van der Waals surface area contributed by atoms with Crippen LogP contribution < -0.4 is 4.90 Å². The van der Waals surface area contributed by atoms with Crippen molar-refractivity contribution in [2.45, 2.75) is 38.4 Å². The molecular formula is C14H21N3O3S. The fourth-order valence-corrected chi connectivity index (χ4v) is 4.64. The Morgan fingerprint density at radius 2 is 2.14 bits per heavy atom. The van der Waals surface area contributed by atoms with Gasteiger partial charge in [0.2, 0.25) is 5.82 Å². The standard InChI is InChI=1S/C14H21N3O3S/c1-4-14(5-2)10-16(8-9-21(14)20)13-12(17(18)19)11(3)6-7-15-13/h6-7H,4-5,8-10H2,1-3H3. The minimum absolute atomic E-state index is 0.0614. The highest BCUT2D eigenvalue weighted by molar-refractivity contribution is 7.86. The topological polar surface area (TPSA) is 76.3 Å². The molecule has 1 aromatic heterocycles. The molecule has 0 amide bonds. The lowest BCUT2D eigenvalue weighted by Crippen LogP contribution is -2.53. The van der Waals surface area contributed by atoms with E-state index >= 15 is 0 Å². The molecular weight excluding hydrogens is 290 g/mol. The number of aryl methyl sites for hydroxylation is 1. The first kappa shape index (κ1) is 15.9. The van der Waals surface area contributed by atoms with Gasteiger partial charge in [-0.2, -0.15) is 0 Å². The van der Waals surface area contributed by atoms with Crippen molar-refractivity contribution in [1.82, 2.24) is 4.98 Å². The zero-order valence-corrected chi connectivity index (χ0v) is 13.5. The molecule has 0 aromatic carbocycles. The molecule has 0 bridgehead atoms. The molecule has 2 heterocycles. The Kier molecular flexibility index (Phi) is 4.61. The molecule has 1 aliphatic heterocycles. The molecule has 2 rings (SSSR count). The maximum absolute atomic E-state index is 12.4. The molecule has 7 heteroatoms. The fraction of sp³-hybridized carbons (Fsp3) is 0.643. The van der Waals surface area contributed by atoms with Crippen LogP contribution >= 0.6 is 0 Å². The number of hydrogen-bond acceptors (Lipinski definition) is 5. The number of rotatable bonds is 4. The zero-order valence-electron chi connectivity index (χ0n) is 12.7. The van der Waals surface area contributed by atoms with E-state index in [2.05, 4.69) is 4.98 Å². The van der Waals surface area contributed by atoms with Crippen molar-refractivity contribution in [2.24, 2.45) is 0 Å². The van der Waals surface area contributed by atoms with Gasteiger partial charge in [0, 0.05) is 41.4 Å². The van der Waals surface area contributed by atoms with Gasteiger partial charge in [-0.1, -0.05) is 13.8 Å². The Labute approximate surface area is 127 Å². The molecule has 1 saturated heterocycles. The number of pyridine rings is 1. The molecule has 1 fully saturated rings. The van der Waals surface area contributed by atoms with Crippen LogP contribution in [0, 0.1) is 17.0 Å². The van der Waals surface area contributed by atoms with E-state index in [4.69, 9.17) is 0 Å². The van der Waals surface area contributed by atoms with Crippen LogP contribution in [-0.4, -0.2) is 37.7 Å². The lowest BCUT2D eigenvalue weighted by Gasteiger charge is -2.41. The molecule has 21 heavy (non-hydrogen) atoms. The number of nitrogens with zero attached hydrogens (tertiary/aromatic N) is 3. The quantitative estimate of drug-likeness (QED) is 0.630. The van der Waals surface area contributed by atoms with Gasteiger partial charge in [-0.15, -0.1) is 0 Å². The van der Waals surface area contributed by atoms with Crippen LogP contribution in [0.1, 0.15) is 32.3 Å². The number of hydrogen-bond donors (Lipinski definition) is 0. The van der Waals surface area contributed by atoms with E-state index in [0.717, 1.165) is 12.8 Å². The van der Waals surface area contributed by atoms with Gasteiger partial charge in [-0.3, -0.25) is 14.3 Å². The lowest BCUT2D eigenvalue weighted by molar-refractivity contribution is -0.384. The van der Waals surface area contributed by atoms with Crippen LogP contribution in [-0.2, 0) is 10.8 Å². The van der Waals surface area contributed by atoms with Gasteiger partial charge in [0.15, 0.2) is 0 Å². The Morgan fingerprint density at radius 1 is 1.48 bits per heavy atom. The van der Waals surface area contributed by atoms with Gasteiger partial charge in [0.05, 0.1) is 9.67 Å². The molecule has 0 radical (unpaired) electrons.